The molecule has 0 unspecified atom stereocenters. The fraction of sp³-hybridized carbons (Fsp3) is 0.417. The Balaban J connectivity index is 2.34. The van der Waals surface area contributed by atoms with Gasteiger partial charge in [-0.25, -0.2) is 0 Å². The van der Waals surface area contributed by atoms with Crippen LogP contribution in [0.4, 0.5) is 0 Å². The van der Waals surface area contributed by atoms with E-state index in [-0.39, 0.29) is 0 Å². The lowest BCUT2D eigenvalue weighted by atomic mass is 10.1. The van der Waals surface area contributed by atoms with Crippen molar-refractivity contribution >= 4 is 5.91 Å². The summed E-state index contributed by atoms with van der Waals surface area (Å²) >= 11 is 0. The van der Waals surface area contributed by atoms with E-state index in [0.29, 0.717) is 23.8 Å². The molecule has 0 heterocycles. The Morgan fingerprint density at radius 3 is 2.80 bits per heavy atom. The van der Waals surface area contributed by atoms with Gasteiger partial charge in [0.25, 0.3) is 5.91 Å². The maximum atomic E-state index is 11.1. The smallest absolute Gasteiger partial charge is 0.252 e. The van der Waals surface area contributed by atoms with Gasteiger partial charge in [-0.1, -0.05) is 6.07 Å². The Morgan fingerprint density at radius 1 is 1.53 bits per heavy atom. The van der Waals surface area contributed by atoms with E-state index in [9.17, 15) is 4.79 Å². The van der Waals surface area contributed by atoms with Gasteiger partial charge in [-0.2, -0.15) is 0 Å². The van der Waals surface area contributed by atoms with Crippen molar-refractivity contribution in [2.45, 2.75) is 25.7 Å². The number of carbonyl (C=O) groups excluding carboxylic acids is 1. The summed E-state index contributed by atoms with van der Waals surface area (Å²) in [6.07, 6.45) is 2.48. The summed E-state index contributed by atoms with van der Waals surface area (Å²) in [4.78, 5) is 11.1. The lowest BCUT2D eigenvalue weighted by Gasteiger charge is -2.09. The SMILES string of the molecule is CCOc1cc(C2CC2)ccc1C(N)=O. The fourth-order valence-corrected chi connectivity index (χ4v) is 1.69. The van der Waals surface area contributed by atoms with Gasteiger partial charge in [-0.15, -0.1) is 0 Å². The van der Waals surface area contributed by atoms with E-state index in [2.05, 4.69) is 0 Å². The molecule has 80 valence electrons. The highest BCUT2D eigenvalue weighted by atomic mass is 16.5. The molecule has 0 spiro atoms. The van der Waals surface area contributed by atoms with Crippen molar-refractivity contribution in [3.05, 3.63) is 29.3 Å². The van der Waals surface area contributed by atoms with Gasteiger partial charge in [-0.3, -0.25) is 4.79 Å². The minimum Gasteiger partial charge on any atom is -0.493 e. The summed E-state index contributed by atoms with van der Waals surface area (Å²) in [5.74, 6) is 0.848. The van der Waals surface area contributed by atoms with E-state index in [0.717, 1.165) is 0 Å². The molecular weight excluding hydrogens is 190 g/mol. The fourth-order valence-electron chi connectivity index (χ4n) is 1.69. The Morgan fingerprint density at radius 2 is 2.27 bits per heavy atom. The first-order valence-electron chi connectivity index (χ1n) is 5.29. The van der Waals surface area contributed by atoms with E-state index < -0.39 is 5.91 Å². The number of primary amides is 1. The van der Waals surface area contributed by atoms with E-state index in [1.54, 1.807) is 6.07 Å². The number of benzene rings is 1. The molecular formula is C12H15NO2. The highest BCUT2D eigenvalue weighted by molar-refractivity contribution is 5.95. The van der Waals surface area contributed by atoms with Gasteiger partial charge in [-0.05, 0) is 43.4 Å². The second kappa shape index (κ2) is 3.93. The third-order valence-electron chi connectivity index (χ3n) is 2.62. The van der Waals surface area contributed by atoms with Crippen molar-refractivity contribution in [2.24, 2.45) is 5.73 Å². The minimum absolute atomic E-state index is 0.430. The van der Waals surface area contributed by atoms with E-state index in [4.69, 9.17) is 10.5 Å². The molecule has 1 saturated carbocycles. The standard InChI is InChI=1S/C12H15NO2/c1-2-15-11-7-9(8-3-4-8)5-6-10(11)12(13)14/h5-8H,2-4H2,1H3,(H2,13,14). The molecule has 0 aromatic heterocycles. The molecule has 2 N–H and O–H groups in total. The highest BCUT2D eigenvalue weighted by Gasteiger charge is 2.24. The summed E-state index contributed by atoms with van der Waals surface area (Å²) in [5.41, 5.74) is 6.99. The molecule has 0 aliphatic heterocycles. The summed E-state index contributed by atoms with van der Waals surface area (Å²) in [6, 6.07) is 5.68. The maximum absolute atomic E-state index is 11.1. The second-order valence-corrected chi connectivity index (χ2v) is 3.83. The number of carbonyl (C=O) groups is 1. The molecule has 1 aliphatic rings. The lowest BCUT2D eigenvalue weighted by Crippen LogP contribution is -2.13. The molecule has 1 aliphatic carbocycles. The molecule has 1 aromatic rings. The van der Waals surface area contributed by atoms with Gasteiger partial charge in [0.15, 0.2) is 0 Å². The zero-order valence-electron chi connectivity index (χ0n) is 8.82. The minimum atomic E-state index is -0.430. The van der Waals surface area contributed by atoms with Crippen LogP contribution in [-0.2, 0) is 0 Å². The summed E-state index contributed by atoms with van der Waals surface area (Å²) in [5, 5.41) is 0. The van der Waals surface area contributed by atoms with Gasteiger partial charge in [0, 0.05) is 0 Å². The molecule has 15 heavy (non-hydrogen) atoms. The molecule has 1 amide bonds. The normalized spacial score (nSPS) is 15.0. The Kier molecular flexibility index (Phi) is 2.62. The van der Waals surface area contributed by atoms with Crippen LogP contribution in [0.3, 0.4) is 0 Å². The van der Waals surface area contributed by atoms with Gasteiger partial charge >= 0.3 is 0 Å². The molecule has 0 bridgehead atoms. The van der Waals surface area contributed by atoms with Gasteiger partial charge in [0.05, 0.1) is 12.2 Å². The Hall–Kier alpha value is -1.51. The number of hydrogen-bond donors (Lipinski definition) is 1. The van der Waals surface area contributed by atoms with Crippen molar-refractivity contribution in [3.8, 4) is 5.75 Å². The predicted molar refractivity (Wildman–Crippen MR) is 58.1 cm³/mol. The molecule has 1 fully saturated rings. The van der Waals surface area contributed by atoms with Crippen LogP contribution >= 0.6 is 0 Å². The topological polar surface area (TPSA) is 52.3 Å². The summed E-state index contributed by atoms with van der Waals surface area (Å²) in [7, 11) is 0. The van der Waals surface area contributed by atoms with Crippen molar-refractivity contribution in [1.29, 1.82) is 0 Å². The van der Waals surface area contributed by atoms with Crippen molar-refractivity contribution in [2.75, 3.05) is 6.61 Å². The van der Waals surface area contributed by atoms with Crippen LogP contribution in [0.15, 0.2) is 18.2 Å². The van der Waals surface area contributed by atoms with Crippen LogP contribution < -0.4 is 10.5 Å². The predicted octanol–water partition coefficient (Wildman–Crippen LogP) is 2.06. The second-order valence-electron chi connectivity index (χ2n) is 3.83. The van der Waals surface area contributed by atoms with Crippen molar-refractivity contribution < 1.29 is 9.53 Å². The quantitative estimate of drug-likeness (QED) is 0.818. The molecule has 1 aromatic carbocycles. The van der Waals surface area contributed by atoms with Crippen LogP contribution in [0.25, 0.3) is 0 Å². The third-order valence-corrected chi connectivity index (χ3v) is 2.62. The van der Waals surface area contributed by atoms with Gasteiger partial charge < -0.3 is 10.5 Å². The average Bonchev–Trinajstić information content (AvgIpc) is 3.01. The van der Waals surface area contributed by atoms with Crippen LogP contribution in [0.1, 0.15) is 41.6 Å². The summed E-state index contributed by atoms with van der Waals surface area (Å²) in [6.45, 7) is 2.45. The third kappa shape index (κ3) is 2.12. The van der Waals surface area contributed by atoms with Crippen molar-refractivity contribution in [3.63, 3.8) is 0 Å². The van der Waals surface area contributed by atoms with Crippen molar-refractivity contribution in [1.82, 2.24) is 0 Å². The molecule has 3 heteroatoms. The number of amides is 1. The zero-order valence-corrected chi connectivity index (χ0v) is 8.82. The van der Waals surface area contributed by atoms with Crippen LogP contribution in [0.2, 0.25) is 0 Å². The zero-order chi connectivity index (χ0) is 10.8. The molecule has 0 atom stereocenters. The molecule has 0 radical (unpaired) electrons. The number of rotatable bonds is 4. The first-order chi connectivity index (χ1) is 7.22. The number of hydrogen-bond acceptors (Lipinski definition) is 2. The van der Waals surface area contributed by atoms with E-state index >= 15 is 0 Å². The first-order valence-corrected chi connectivity index (χ1v) is 5.29. The number of ether oxygens (including phenoxy) is 1. The number of nitrogens with two attached hydrogens (primary N) is 1. The maximum Gasteiger partial charge on any atom is 0.252 e. The average molecular weight is 205 g/mol. The van der Waals surface area contributed by atoms with Crippen LogP contribution in [0.5, 0.6) is 5.75 Å². The van der Waals surface area contributed by atoms with Gasteiger partial charge in [0.2, 0.25) is 0 Å². The molecule has 0 saturated heterocycles. The first kappa shape index (κ1) is 10.0. The van der Waals surface area contributed by atoms with Gasteiger partial charge in [0.1, 0.15) is 5.75 Å². The molecule has 3 nitrogen and oxygen atoms in total. The summed E-state index contributed by atoms with van der Waals surface area (Å²) < 4.78 is 5.42. The Bertz CT molecular complexity index is 383. The van der Waals surface area contributed by atoms with Crippen LogP contribution in [-0.4, -0.2) is 12.5 Å². The van der Waals surface area contributed by atoms with E-state index in [1.165, 1.54) is 18.4 Å². The highest BCUT2D eigenvalue weighted by Crippen LogP contribution is 2.41. The molecule has 2 rings (SSSR count). The van der Waals surface area contributed by atoms with E-state index in [1.807, 2.05) is 19.1 Å². The Labute approximate surface area is 89.2 Å². The monoisotopic (exact) mass is 205 g/mol. The lowest BCUT2D eigenvalue weighted by molar-refractivity contribution is 0.0996. The largest absolute Gasteiger partial charge is 0.493 e. The van der Waals surface area contributed by atoms with Crippen LogP contribution in [0, 0.1) is 0 Å².